The molecule has 0 saturated carbocycles. The quantitative estimate of drug-likeness (QED) is 0.607. The summed E-state index contributed by atoms with van der Waals surface area (Å²) in [6, 6.07) is 15.8. The molecule has 6 nitrogen and oxygen atoms in total. The Bertz CT molecular complexity index is 1050. The average Bonchev–Trinajstić information content (AvgIpc) is 2.66. The maximum Gasteiger partial charge on any atom is 0.261 e. The van der Waals surface area contributed by atoms with Crippen LogP contribution in [-0.2, 0) is 10.0 Å². The van der Waals surface area contributed by atoms with E-state index in [0.29, 0.717) is 23.9 Å². The van der Waals surface area contributed by atoms with Gasteiger partial charge >= 0.3 is 0 Å². The number of aromatic nitrogens is 1. The van der Waals surface area contributed by atoms with E-state index < -0.39 is 10.0 Å². The third kappa shape index (κ3) is 4.80. The number of hydrogen-bond donors (Lipinski definition) is 2. The Morgan fingerprint density at radius 1 is 1.00 bits per heavy atom. The molecule has 2 N–H and O–H groups in total. The van der Waals surface area contributed by atoms with Gasteiger partial charge in [0.15, 0.2) is 0 Å². The molecule has 0 aliphatic rings. The Labute approximate surface area is 165 Å². The zero-order valence-electron chi connectivity index (χ0n) is 16.1. The number of pyridine rings is 1. The lowest BCUT2D eigenvalue weighted by Crippen LogP contribution is -2.13. The average molecular weight is 398 g/mol. The van der Waals surface area contributed by atoms with Gasteiger partial charge in [-0.05, 0) is 68.8 Å². The molecule has 3 rings (SSSR count). The number of nitrogens with one attached hydrogen (secondary N) is 2. The van der Waals surface area contributed by atoms with E-state index in [1.165, 1.54) is 23.9 Å². The molecule has 0 radical (unpaired) electrons. The van der Waals surface area contributed by atoms with Crippen LogP contribution in [-0.4, -0.2) is 20.0 Å². The zero-order chi connectivity index (χ0) is 20.1. The van der Waals surface area contributed by atoms with Crippen molar-refractivity contribution >= 4 is 27.2 Å². The Morgan fingerprint density at radius 2 is 1.75 bits per heavy atom. The first-order chi connectivity index (χ1) is 13.4. The summed E-state index contributed by atoms with van der Waals surface area (Å²) in [5, 5.41) is 3.24. The molecule has 7 heteroatoms. The lowest BCUT2D eigenvalue weighted by atomic mass is 10.1. The Hall–Kier alpha value is -3.06. The summed E-state index contributed by atoms with van der Waals surface area (Å²) in [6.45, 7) is 6.46. The van der Waals surface area contributed by atoms with Crippen molar-refractivity contribution in [2.24, 2.45) is 0 Å². The van der Waals surface area contributed by atoms with Gasteiger partial charge in [-0.2, -0.15) is 0 Å². The highest BCUT2D eigenvalue weighted by Crippen LogP contribution is 2.22. The molecule has 0 spiro atoms. The summed E-state index contributed by atoms with van der Waals surface area (Å²) < 4.78 is 32.9. The van der Waals surface area contributed by atoms with Crippen molar-refractivity contribution in [3.8, 4) is 5.75 Å². The standard InChI is InChI=1S/C21H23N3O3S/c1-4-27-18-7-9-19(10-8-18)28(25,26)24-17-6-12-21(22-14-17)23-20-11-5-15(2)13-16(20)3/h5-14,24H,4H2,1-3H3,(H,22,23). The van der Waals surface area contributed by atoms with Gasteiger partial charge in [0.25, 0.3) is 10.0 Å². The molecule has 146 valence electrons. The highest BCUT2D eigenvalue weighted by molar-refractivity contribution is 7.92. The minimum atomic E-state index is -3.69. The maximum atomic E-state index is 12.5. The third-order valence-electron chi connectivity index (χ3n) is 4.11. The summed E-state index contributed by atoms with van der Waals surface area (Å²) in [5.74, 6) is 1.26. The Morgan fingerprint density at radius 3 is 2.36 bits per heavy atom. The van der Waals surface area contributed by atoms with E-state index in [0.717, 1.165) is 11.3 Å². The van der Waals surface area contributed by atoms with E-state index in [2.05, 4.69) is 21.1 Å². The number of hydrogen-bond acceptors (Lipinski definition) is 5. The predicted octanol–water partition coefficient (Wildman–Crippen LogP) is 4.64. The first-order valence-electron chi connectivity index (χ1n) is 8.93. The van der Waals surface area contributed by atoms with Gasteiger partial charge < -0.3 is 10.1 Å². The summed E-state index contributed by atoms with van der Waals surface area (Å²) in [4.78, 5) is 4.46. The van der Waals surface area contributed by atoms with E-state index in [9.17, 15) is 8.42 Å². The summed E-state index contributed by atoms with van der Waals surface area (Å²) in [5.41, 5.74) is 3.65. The van der Waals surface area contributed by atoms with E-state index in [4.69, 9.17) is 4.74 Å². The molecule has 0 saturated heterocycles. The monoisotopic (exact) mass is 397 g/mol. The van der Waals surface area contributed by atoms with Gasteiger partial charge in [-0.15, -0.1) is 0 Å². The second-order valence-corrected chi connectivity index (χ2v) is 8.07. The fraction of sp³-hybridized carbons (Fsp3) is 0.190. The molecule has 28 heavy (non-hydrogen) atoms. The number of nitrogens with zero attached hydrogens (tertiary/aromatic N) is 1. The van der Waals surface area contributed by atoms with Crippen LogP contribution in [0.4, 0.5) is 17.2 Å². The van der Waals surface area contributed by atoms with E-state index in [1.807, 2.05) is 32.9 Å². The van der Waals surface area contributed by atoms with Crippen LogP contribution in [0.3, 0.4) is 0 Å². The van der Waals surface area contributed by atoms with Crippen LogP contribution in [0.15, 0.2) is 65.7 Å². The van der Waals surface area contributed by atoms with Gasteiger partial charge in [-0.1, -0.05) is 17.7 Å². The fourth-order valence-corrected chi connectivity index (χ4v) is 3.76. The maximum absolute atomic E-state index is 12.5. The van der Waals surface area contributed by atoms with Crippen LogP contribution in [0, 0.1) is 13.8 Å². The van der Waals surface area contributed by atoms with E-state index in [1.54, 1.807) is 24.3 Å². The topological polar surface area (TPSA) is 80.3 Å². The van der Waals surface area contributed by atoms with Crippen molar-refractivity contribution in [2.75, 3.05) is 16.6 Å². The van der Waals surface area contributed by atoms with Crippen LogP contribution >= 0.6 is 0 Å². The number of sulfonamides is 1. The molecule has 0 amide bonds. The highest BCUT2D eigenvalue weighted by atomic mass is 32.2. The highest BCUT2D eigenvalue weighted by Gasteiger charge is 2.14. The van der Waals surface area contributed by atoms with Crippen LogP contribution in [0.25, 0.3) is 0 Å². The van der Waals surface area contributed by atoms with Crippen molar-refractivity contribution in [3.63, 3.8) is 0 Å². The number of rotatable bonds is 7. The Balaban J connectivity index is 1.70. The molecule has 0 unspecified atom stereocenters. The molecule has 1 aromatic heterocycles. The first-order valence-corrected chi connectivity index (χ1v) is 10.4. The number of anilines is 3. The molecule has 0 bridgehead atoms. The van der Waals surface area contributed by atoms with Crippen molar-refractivity contribution in [2.45, 2.75) is 25.7 Å². The molecule has 2 aromatic carbocycles. The third-order valence-corrected chi connectivity index (χ3v) is 5.50. The van der Waals surface area contributed by atoms with Crippen molar-refractivity contribution in [3.05, 3.63) is 71.9 Å². The zero-order valence-corrected chi connectivity index (χ0v) is 16.9. The Kier molecular flexibility index (Phi) is 5.84. The molecule has 0 fully saturated rings. The smallest absolute Gasteiger partial charge is 0.261 e. The first kappa shape index (κ1) is 19.7. The predicted molar refractivity (Wildman–Crippen MR) is 112 cm³/mol. The fourth-order valence-electron chi connectivity index (χ4n) is 2.72. The second kappa shape index (κ2) is 8.31. The SMILES string of the molecule is CCOc1ccc(S(=O)(=O)Nc2ccc(Nc3ccc(C)cc3C)nc2)cc1. The number of benzene rings is 2. The number of aryl methyl sites for hydroxylation is 2. The van der Waals surface area contributed by atoms with E-state index >= 15 is 0 Å². The minimum Gasteiger partial charge on any atom is -0.494 e. The van der Waals surface area contributed by atoms with Crippen molar-refractivity contribution in [1.82, 2.24) is 4.98 Å². The molecule has 1 heterocycles. The molecule has 0 aliphatic heterocycles. The summed E-state index contributed by atoms with van der Waals surface area (Å²) >= 11 is 0. The van der Waals surface area contributed by atoms with Crippen molar-refractivity contribution < 1.29 is 13.2 Å². The molecular formula is C21H23N3O3S. The lowest BCUT2D eigenvalue weighted by Gasteiger charge is -2.11. The van der Waals surface area contributed by atoms with E-state index in [-0.39, 0.29) is 4.90 Å². The second-order valence-electron chi connectivity index (χ2n) is 6.39. The van der Waals surface area contributed by atoms with Crippen LogP contribution in [0.1, 0.15) is 18.1 Å². The van der Waals surface area contributed by atoms with Gasteiger partial charge in [0.2, 0.25) is 0 Å². The largest absolute Gasteiger partial charge is 0.494 e. The normalized spacial score (nSPS) is 11.1. The number of ether oxygens (including phenoxy) is 1. The van der Waals surface area contributed by atoms with Crippen LogP contribution in [0.5, 0.6) is 5.75 Å². The molecule has 0 atom stereocenters. The molecular weight excluding hydrogens is 374 g/mol. The summed E-state index contributed by atoms with van der Waals surface area (Å²) in [7, 11) is -3.69. The van der Waals surface area contributed by atoms with Crippen LogP contribution < -0.4 is 14.8 Å². The summed E-state index contributed by atoms with van der Waals surface area (Å²) in [6.07, 6.45) is 1.48. The van der Waals surface area contributed by atoms with Crippen molar-refractivity contribution in [1.29, 1.82) is 0 Å². The minimum absolute atomic E-state index is 0.161. The molecule has 0 aliphatic carbocycles. The van der Waals surface area contributed by atoms with Gasteiger partial charge in [0.05, 0.1) is 23.4 Å². The molecule has 3 aromatic rings. The van der Waals surface area contributed by atoms with Crippen LogP contribution in [0.2, 0.25) is 0 Å². The van der Waals surface area contributed by atoms with Gasteiger partial charge in [-0.25, -0.2) is 13.4 Å². The van der Waals surface area contributed by atoms with Gasteiger partial charge in [-0.3, -0.25) is 4.72 Å². The van der Waals surface area contributed by atoms with Gasteiger partial charge in [0.1, 0.15) is 11.6 Å². The lowest BCUT2D eigenvalue weighted by molar-refractivity contribution is 0.340. The van der Waals surface area contributed by atoms with Gasteiger partial charge in [0, 0.05) is 5.69 Å².